The van der Waals surface area contributed by atoms with E-state index in [2.05, 4.69) is 26.1 Å². The first kappa shape index (κ1) is 11.9. The number of thiazole rings is 1. The van der Waals surface area contributed by atoms with E-state index in [0.717, 1.165) is 20.1 Å². The zero-order valence-corrected chi connectivity index (χ0v) is 12.1. The van der Waals surface area contributed by atoms with E-state index in [0.29, 0.717) is 10.8 Å². The van der Waals surface area contributed by atoms with Gasteiger partial charge < -0.3 is 4.52 Å². The van der Waals surface area contributed by atoms with E-state index in [4.69, 9.17) is 16.1 Å². The van der Waals surface area contributed by atoms with Crippen LogP contribution in [0.3, 0.4) is 0 Å². The molecule has 0 saturated heterocycles. The minimum atomic E-state index is 0.655. The molecule has 0 N–H and O–H groups in total. The molecular weight excluding hydrogens is 336 g/mol. The van der Waals surface area contributed by atoms with Crippen molar-refractivity contribution in [2.24, 2.45) is 0 Å². The second-order valence-corrected chi connectivity index (χ2v) is 6.25. The Balaban J connectivity index is 2.02. The lowest BCUT2D eigenvalue weighted by Crippen LogP contribution is -1.77. The van der Waals surface area contributed by atoms with Crippen LogP contribution in [0.4, 0.5) is 0 Å². The number of hydrogen-bond donors (Lipinski definition) is 0. The van der Waals surface area contributed by atoms with Gasteiger partial charge in [0.2, 0.25) is 0 Å². The molecule has 1 aromatic carbocycles. The van der Waals surface area contributed by atoms with Gasteiger partial charge in [0, 0.05) is 11.6 Å². The molecule has 18 heavy (non-hydrogen) atoms. The summed E-state index contributed by atoms with van der Waals surface area (Å²) in [6.07, 6.45) is 1.74. The molecule has 3 aromatic rings. The number of nitrogens with zero attached hydrogens (tertiary/aromatic N) is 2. The molecule has 0 unspecified atom stereocenters. The molecule has 0 saturated carbocycles. The molecule has 3 nitrogen and oxygen atoms in total. The van der Waals surface area contributed by atoms with Gasteiger partial charge in [-0.15, -0.1) is 11.3 Å². The van der Waals surface area contributed by atoms with Gasteiger partial charge in [0.25, 0.3) is 0 Å². The molecule has 90 valence electrons. The quantitative estimate of drug-likeness (QED) is 0.667. The number of aromatic nitrogens is 2. The molecule has 0 atom stereocenters. The third kappa shape index (κ3) is 2.21. The van der Waals surface area contributed by atoms with Gasteiger partial charge in [-0.1, -0.05) is 35.0 Å². The van der Waals surface area contributed by atoms with E-state index >= 15 is 0 Å². The van der Waals surface area contributed by atoms with E-state index in [1.807, 2.05) is 30.3 Å². The van der Waals surface area contributed by atoms with E-state index < -0.39 is 0 Å². The first-order chi connectivity index (χ1) is 8.74. The van der Waals surface area contributed by atoms with Gasteiger partial charge in [-0.05, 0) is 22.0 Å². The van der Waals surface area contributed by atoms with Crippen LogP contribution >= 0.6 is 38.9 Å². The Labute approximate surface area is 121 Å². The van der Waals surface area contributed by atoms with Crippen LogP contribution in [-0.2, 0) is 0 Å². The minimum absolute atomic E-state index is 0.655. The van der Waals surface area contributed by atoms with E-state index in [1.165, 1.54) is 11.3 Å². The summed E-state index contributed by atoms with van der Waals surface area (Å²) in [6, 6.07) is 9.40. The second-order valence-electron chi connectivity index (χ2n) is 3.53. The Kier molecular flexibility index (Phi) is 3.20. The van der Waals surface area contributed by atoms with Crippen LogP contribution in [0.1, 0.15) is 0 Å². The topological polar surface area (TPSA) is 38.9 Å². The van der Waals surface area contributed by atoms with E-state index in [-0.39, 0.29) is 0 Å². The molecule has 0 aliphatic rings. The van der Waals surface area contributed by atoms with Gasteiger partial charge in [-0.2, -0.15) is 0 Å². The van der Waals surface area contributed by atoms with Crippen LogP contribution in [0.2, 0.25) is 5.02 Å². The van der Waals surface area contributed by atoms with Crippen LogP contribution in [0.25, 0.3) is 21.9 Å². The van der Waals surface area contributed by atoms with Crippen LogP contribution < -0.4 is 0 Å². The van der Waals surface area contributed by atoms with Crippen molar-refractivity contribution in [3.63, 3.8) is 0 Å². The van der Waals surface area contributed by atoms with Crippen molar-refractivity contribution >= 4 is 38.9 Å². The van der Waals surface area contributed by atoms with Gasteiger partial charge >= 0.3 is 0 Å². The number of halogens is 2. The molecule has 2 heterocycles. The summed E-state index contributed by atoms with van der Waals surface area (Å²) in [5, 5.41) is 4.69. The van der Waals surface area contributed by atoms with E-state index in [9.17, 15) is 0 Å². The van der Waals surface area contributed by atoms with Crippen molar-refractivity contribution in [3.8, 4) is 21.9 Å². The lowest BCUT2D eigenvalue weighted by molar-refractivity contribution is 0.435. The first-order valence-corrected chi connectivity index (χ1v) is 7.06. The summed E-state index contributed by atoms with van der Waals surface area (Å²) in [5.74, 6) is 0.688. The van der Waals surface area contributed by atoms with Gasteiger partial charge in [-0.3, -0.25) is 0 Å². The van der Waals surface area contributed by atoms with Crippen molar-refractivity contribution in [1.82, 2.24) is 10.1 Å². The van der Waals surface area contributed by atoms with Crippen molar-refractivity contribution in [2.45, 2.75) is 0 Å². The smallest absolute Gasteiger partial charge is 0.179 e. The number of rotatable bonds is 2. The maximum Gasteiger partial charge on any atom is 0.179 e. The Morgan fingerprint density at radius 3 is 2.83 bits per heavy atom. The molecule has 2 aromatic heterocycles. The summed E-state index contributed by atoms with van der Waals surface area (Å²) in [4.78, 5) is 5.04. The highest BCUT2D eigenvalue weighted by Gasteiger charge is 2.12. The summed E-state index contributed by atoms with van der Waals surface area (Å²) in [7, 11) is 0. The third-order valence-corrected chi connectivity index (χ3v) is 4.20. The molecule has 0 fully saturated rings. The Hall–Kier alpha value is -1.17. The maximum absolute atomic E-state index is 6.12. The fourth-order valence-corrected chi connectivity index (χ4v) is 3.00. The lowest BCUT2D eigenvalue weighted by Gasteiger charge is -1.96. The van der Waals surface area contributed by atoms with Crippen LogP contribution in [0, 0.1) is 0 Å². The average molecular weight is 342 g/mol. The van der Waals surface area contributed by atoms with Crippen LogP contribution in [0.5, 0.6) is 0 Å². The summed E-state index contributed by atoms with van der Waals surface area (Å²) in [6.45, 7) is 0. The summed E-state index contributed by atoms with van der Waals surface area (Å²) in [5.41, 5.74) is 1.58. The van der Waals surface area contributed by atoms with E-state index in [1.54, 1.807) is 6.20 Å². The lowest BCUT2D eigenvalue weighted by atomic mass is 10.1. The Morgan fingerprint density at radius 2 is 2.11 bits per heavy atom. The second kappa shape index (κ2) is 4.84. The highest BCUT2D eigenvalue weighted by Crippen LogP contribution is 2.33. The minimum Gasteiger partial charge on any atom is -0.355 e. The Morgan fingerprint density at radius 1 is 1.28 bits per heavy atom. The normalized spacial score (nSPS) is 10.8. The zero-order valence-electron chi connectivity index (χ0n) is 8.93. The number of benzene rings is 1. The fourth-order valence-electron chi connectivity index (χ4n) is 1.55. The SMILES string of the molecule is Clc1ccccc1-c1cc(-c2cnc(Br)s2)on1. The third-order valence-electron chi connectivity index (χ3n) is 2.38. The molecule has 0 aliphatic heterocycles. The highest BCUT2D eigenvalue weighted by molar-refractivity contribution is 9.11. The monoisotopic (exact) mass is 340 g/mol. The zero-order chi connectivity index (χ0) is 12.5. The van der Waals surface area contributed by atoms with Gasteiger partial charge in [0.1, 0.15) is 5.69 Å². The van der Waals surface area contributed by atoms with Crippen molar-refractivity contribution in [2.75, 3.05) is 0 Å². The van der Waals surface area contributed by atoms with Crippen molar-refractivity contribution in [1.29, 1.82) is 0 Å². The van der Waals surface area contributed by atoms with Crippen LogP contribution in [-0.4, -0.2) is 10.1 Å². The maximum atomic E-state index is 6.12. The molecule has 0 radical (unpaired) electrons. The largest absolute Gasteiger partial charge is 0.355 e. The molecule has 6 heteroatoms. The molecule has 3 rings (SSSR count). The molecule has 0 aliphatic carbocycles. The Bertz CT molecular complexity index is 695. The van der Waals surface area contributed by atoms with Gasteiger partial charge in [0.15, 0.2) is 9.68 Å². The average Bonchev–Trinajstić information content (AvgIpc) is 2.98. The fraction of sp³-hybridized carbons (Fsp3) is 0. The van der Waals surface area contributed by atoms with Crippen molar-refractivity contribution in [3.05, 3.63) is 45.5 Å². The molecule has 0 amide bonds. The van der Waals surface area contributed by atoms with Gasteiger partial charge in [0.05, 0.1) is 16.1 Å². The molecular formula is C12H6BrClN2OS. The number of hydrogen-bond acceptors (Lipinski definition) is 4. The van der Waals surface area contributed by atoms with Crippen LogP contribution in [0.15, 0.2) is 45.0 Å². The molecule has 0 bridgehead atoms. The first-order valence-electron chi connectivity index (χ1n) is 5.07. The summed E-state index contributed by atoms with van der Waals surface area (Å²) >= 11 is 10.9. The standard InChI is InChI=1S/C12H6BrClN2OS/c13-12-15-6-11(18-12)10-5-9(16-17-10)7-3-1-2-4-8(7)14/h1-6H. The highest BCUT2D eigenvalue weighted by atomic mass is 79.9. The predicted molar refractivity (Wildman–Crippen MR) is 75.8 cm³/mol. The predicted octanol–water partition coefficient (Wildman–Crippen LogP) is 4.88. The summed E-state index contributed by atoms with van der Waals surface area (Å²) < 4.78 is 6.13. The van der Waals surface area contributed by atoms with Gasteiger partial charge in [-0.25, -0.2) is 4.98 Å². The van der Waals surface area contributed by atoms with Crippen molar-refractivity contribution < 1.29 is 4.52 Å². The molecule has 0 spiro atoms.